The molecule has 3 rings (SSSR count). The Balaban J connectivity index is 1.86. The maximum Gasteiger partial charge on any atom is 0.264 e. The van der Waals surface area contributed by atoms with E-state index in [4.69, 9.17) is 23.2 Å². The molecule has 0 aliphatic rings. The van der Waals surface area contributed by atoms with Crippen LogP contribution in [0, 0.1) is 0 Å². The van der Waals surface area contributed by atoms with Gasteiger partial charge in [0.2, 0.25) is 5.91 Å². The second-order valence-electron chi connectivity index (χ2n) is 7.58. The number of benzene rings is 3. The first-order valence-electron chi connectivity index (χ1n) is 10.1. The highest BCUT2D eigenvalue weighted by molar-refractivity contribution is 7.92. The third kappa shape index (κ3) is 5.82. The lowest BCUT2D eigenvalue weighted by molar-refractivity contribution is -0.119. The van der Waals surface area contributed by atoms with Crippen LogP contribution >= 0.6 is 23.2 Å². The van der Waals surface area contributed by atoms with Crippen molar-refractivity contribution in [1.29, 1.82) is 0 Å². The smallest absolute Gasteiger partial charge is 0.264 e. The van der Waals surface area contributed by atoms with E-state index >= 15 is 0 Å². The van der Waals surface area contributed by atoms with Crippen LogP contribution in [0.15, 0.2) is 77.7 Å². The van der Waals surface area contributed by atoms with Gasteiger partial charge < -0.3 is 5.32 Å². The molecule has 0 aliphatic heterocycles. The first-order valence-corrected chi connectivity index (χ1v) is 12.3. The highest BCUT2D eigenvalue weighted by atomic mass is 35.5. The summed E-state index contributed by atoms with van der Waals surface area (Å²) in [5.74, 6) is -0.154. The van der Waals surface area contributed by atoms with Crippen LogP contribution in [0.1, 0.15) is 30.9 Å². The van der Waals surface area contributed by atoms with E-state index < -0.39 is 15.9 Å². The molecule has 0 spiro atoms. The zero-order chi connectivity index (χ0) is 23.3. The Morgan fingerprint density at radius 2 is 1.62 bits per heavy atom. The average molecular weight is 491 g/mol. The lowest BCUT2D eigenvalue weighted by atomic mass is 10.0. The second-order valence-corrected chi connectivity index (χ2v) is 10.3. The molecule has 8 heteroatoms. The topological polar surface area (TPSA) is 66.5 Å². The molecule has 32 heavy (non-hydrogen) atoms. The molecule has 5 nitrogen and oxygen atoms in total. The molecule has 0 radical (unpaired) electrons. The number of carbonyl (C=O) groups excluding carboxylic acids is 1. The molecule has 0 unspecified atom stereocenters. The number of hydrogen-bond donors (Lipinski definition) is 1. The Bertz CT molecular complexity index is 1180. The van der Waals surface area contributed by atoms with E-state index in [2.05, 4.69) is 19.2 Å². The number of sulfonamides is 1. The number of anilines is 1. The van der Waals surface area contributed by atoms with Crippen molar-refractivity contribution in [3.8, 4) is 0 Å². The van der Waals surface area contributed by atoms with Crippen LogP contribution < -0.4 is 9.62 Å². The first-order chi connectivity index (χ1) is 15.2. The molecule has 0 aromatic heterocycles. The van der Waals surface area contributed by atoms with Gasteiger partial charge in [-0.05, 0) is 53.4 Å². The summed E-state index contributed by atoms with van der Waals surface area (Å²) < 4.78 is 27.8. The number of rotatable bonds is 8. The number of nitrogens with zero attached hydrogens (tertiary/aromatic N) is 1. The molecule has 1 amide bonds. The Morgan fingerprint density at radius 3 is 2.22 bits per heavy atom. The van der Waals surface area contributed by atoms with Crippen molar-refractivity contribution in [2.45, 2.75) is 31.2 Å². The summed E-state index contributed by atoms with van der Waals surface area (Å²) >= 11 is 12.1. The van der Waals surface area contributed by atoms with Gasteiger partial charge in [-0.3, -0.25) is 9.10 Å². The minimum absolute atomic E-state index is 0.112. The van der Waals surface area contributed by atoms with Gasteiger partial charge in [0.15, 0.2) is 0 Å². The van der Waals surface area contributed by atoms with E-state index in [0.29, 0.717) is 27.2 Å². The second kappa shape index (κ2) is 10.4. The SMILES string of the molecule is CC(C)c1ccc(N(CC(=O)NCc2ccc(Cl)cc2Cl)S(=O)(=O)c2ccccc2)cc1. The summed E-state index contributed by atoms with van der Waals surface area (Å²) in [5.41, 5.74) is 2.17. The van der Waals surface area contributed by atoms with Crippen LogP contribution in [0.2, 0.25) is 10.0 Å². The fraction of sp³-hybridized carbons (Fsp3) is 0.208. The summed E-state index contributed by atoms with van der Waals surface area (Å²) in [6, 6.07) is 20.2. The van der Waals surface area contributed by atoms with Crippen molar-refractivity contribution in [2.24, 2.45) is 0 Å². The molecule has 0 fully saturated rings. The molecule has 0 aliphatic carbocycles. The number of amides is 1. The van der Waals surface area contributed by atoms with E-state index in [-0.39, 0.29) is 18.0 Å². The van der Waals surface area contributed by atoms with Gasteiger partial charge in [0.05, 0.1) is 10.6 Å². The van der Waals surface area contributed by atoms with Crippen molar-refractivity contribution in [1.82, 2.24) is 5.32 Å². The average Bonchev–Trinajstić information content (AvgIpc) is 2.77. The zero-order valence-corrected chi connectivity index (χ0v) is 20.1. The van der Waals surface area contributed by atoms with Crippen molar-refractivity contribution >= 4 is 44.8 Å². The van der Waals surface area contributed by atoms with Crippen LogP contribution in [0.4, 0.5) is 5.69 Å². The van der Waals surface area contributed by atoms with Gasteiger partial charge in [-0.25, -0.2) is 8.42 Å². The fourth-order valence-electron chi connectivity index (χ4n) is 3.11. The fourth-order valence-corrected chi connectivity index (χ4v) is 5.02. The maximum absolute atomic E-state index is 13.4. The summed E-state index contributed by atoms with van der Waals surface area (Å²) in [6.45, 7) is 3.90. The van der Waals surface area contributed by atoms with Gasteiger partial charge in [-0.15, -0.1) is 0 Å². The van der Waals surface area contributed by atoms with Gasteiger partial charge in [0, 0.05) is 16.6 Å². The van der Waals surface area contributed by atoms with Crippen LogP contribution in [0.3, 0.4) is 0 Å². The predicted octanol–water partition coefficient (Wildman–Crippen LogP) is 5.63. The Morgan fingerprint density at radius 1 is 0.969 bits per heavy atom. The van der Waals surface area contributed by atoms with Gasteiger partial charge in [0.1, 0.15) is 6.54 Å². The molecule has 168 valence electrons. The maximum atomic E-state index is 13.4. The minimum atomic E-state index is -3.95. The quantitative estimate of drug-likeness (QED) is 0.444. The van der Waals surface area contributed by atoms with E-state index in [9.17, 15) is 13.2 Å². The molecule has 0 saturated heterocycles. The normalized spacial score (nSPS) is 11.4. The molecular weight excluding hydrogens is 467 g/mol. The van der Waals surface area contributed by atoms with Gasteiger partial charge in [0.25, 0.3) is 10.0 Å². The lowest BCUT2D eigenvalue weighted by Crippen LogP contribution is -2.40. The highest BCUT2D eigenvalue weighted by Crippen LogP contribution is 2.26. The molecule has 3 aromatic carbocycles. The molecule has 1 N–H and O–H groups in total. The van der Waals surface area contributed by atoms with Crippen LogP contribution in [-0.2, 0) is 21.4 Å². The Kier molecular flexibility index (Phi) is 7.82. The largest absolute Gasteiger partial charge is 0.350 e. The monoisotopic (exact) mass is 490 g/mol. The number of halogens is 2. The number of hydrogen-bond acceptors (Lipinski definition) is 3. The van der Waals surface area contributed by atoms with Gasteiger partial charge >= 0.3 is 0 Å². The minimum Gasteiger partial charge on any atom is -0.350 e. The van der Waals surface area contributed by atoms with Gasteiger partial charge in [-0.2, -0.15) is 0 Å². The van der Waals surface area contributed by atoms with Crippen molar-refractivity contribution < 1.29 is 13.2 Å². The van der Waals surface area contributed by atoms with E-state index in [0.717, 1.165) is 9.87 Å². The summed E-state index contributed by atoms with van der Waals surface area (Å²) in [5, 5.41) is 3.66. The summed E-state index contributed by atoms with van der Waals surface area (Å²) in [6.07, 6.45) is 0. The van der Waals surface area contributed by atoms with Crippen molar-refractivity contribution in [2.75, 3.05) is 10.8 Å². The molecule has 3 aromatic rings. The van der Waals surface area contributed by atoms with Crippen LogP contribution in [0.25, 0.3) is 0 Å². The molecule has 0 atom stereocenters. The molecule has 0 saturated carbocycles. The van der Waals surface area contributed by atoms with Crippen LogP contribution in [-0.4, -0.2) is 20.9 Å². The van der Waals surface area contributed by atoms with Crippen molar-refractivity contribution in [3.05, 3.63) is 94.0 Å². The number of carbonyl (C=O) groups is 1. The van der Waals surface area contributed by atoms with Crippen molar-refractivity contribution in [3.63, 3.8) is 0 Å². The van der Waals surface area contributed by atoms with E-state index in [1.54, 1.807) is 48.5 Å². The number of nitrogens with one attached hydrogen (secondary N) is 1. The molecular formula is C24H24Cl2N2O3S. The highest BCUT2D eigenvalue weighted by Gasteiger charge is 2.27. The van der Waals surface area contributed by atoms with E-state index in [1.165, 1.54) is 12.1 Å². The first kappa shape index (κ1) is 24.1. The molecule has 0 heterocycles. The summed E-state index contributed by atoms with van der Waals surface area (Å²) in [4.78, 5) is 12.9. The predicted molar refractivity (Wildman–Crippen MR) is 130 cm³/mol. The Labute approximate surface area is 199 Å². The Hall–Kier alpha value is -2.54. The van der Waals surface area contributed by atoms with Gasteiger partial charge in [-0.1, -0.05) is 73.4 Å². The van der Waals surface area contributed by atoms with E-state index in [1.807, 2.05) is 12.1 Å². The summed E-state index contributed by atoms with van der Waals surface area (Å²) in [7, 11) is -3.95. The zero-order valence-electron chi connectivity index (χ0n) is 17.8. The van der Waals surface area contributed by atoms with Crippen LogP contribution in [0.5, 0.6) is 0 Å². The lowest BCUT2D eigenvalue weighted by Gasteiger charge is -2.24. The standard InChI is InChI=1S/C24H24Cl2N2O3S/c1-17(2)18-9-12-21(13-10-18)28(32(30,31)22-6-4-3-5-7-22)16-24(29)27-15-19-8-11-20(25)14-23(19)26/h3-14,17H,15-16H2,1-2H3,(H,27,29). The third-order valence-electron chi connectivity index (χ3n) is 4.96. The molecule has 0 bridgehead atoms. The third-order valence-corrected chi connectivity index (χ3v) is 7.33.